The molecule has 0 spiro atoms. The molecule has 0 aliphatic rings. The third-order valence-corrected chi connectivity index (χ3v) is 5.83. The first-order chi connectivity index (χ1) is 13.0. The lowest BCUT2D eigenvalue weighted by molar-refractivity contribution is 0.282. The van der Waals surface area contributed by atoms with Crippen LogP contribution in [0.15, 0.2) is 0 Å². The molecule has 0 aromatic carbocycles. The molecular weight excluding hydrogens is 386 g/mol. The molecular formula is C19H44O6P2. The van der Waals surface area contributed by atoms with Gasteiger partial charge in [-0.2, -0.15) is 0 Å². The summed E-state index contributed by atoms with van der Waals surface area (Å²) in [4.78, 5) is 15.4. The van der Waals surface area contributed by atoms with Crippen molar-refractivity contribution >= 4 is 16.5 Å². The predicted molar refractivity (Wildman–Crippen MR) is 115 cm³/mol. The monoisotopic (exact) mass is 430 g/mol. The summed E-state index contributed by atoms with van der Waals surface area (Å²) in [7, 11) is -6.40. The van der Waals surface area contributed by atoms with E-state index in [1.807, 2.05) is 0 Å². The lowest BCUT2D eigenvalue weighted by Gasteiger charge is -2.03. The molecule has 2 atom stereocenters. The van der Waals surface area contributed by atoms with Crippen molar-refractivity contribution in [2.24, 2.45) is 0 Å². The van der Waals surface area contributed by atoms with Crippen molar-refractivity contribution in [3.8, 4) is 0 Å². The van der Waals surface area contributed by atoms with E-state index in [4.69, 9.17) is 14.9 Å². The molecule has 0 aliphatic heterocycles. The fraction of sp³-hybridized carbons (Fsp3) is 1.00. The summed E-state index contributed by atoms with van der Waals surface area (Å²) < 4.78 is 22.3. The van der Waals surface area contributed by atoms with Crippen LogP contribution < -0.4 is 0 Å². The van der Waals surface area contributed by atoms with Crippen molar-refractivity contribution in [1.82, 2.24) is 0 Å². The molecule has 0 aliphatic carbocycles. The second-order valence-electron chi connectivity index (χ2n) is 7.01. The predicted octanol–water partition coefficient (Wildman–Crippen LogP) is 6.40. The molecule has 166 valence electrons. The van der Waals surface area contributed by atoms with Crippen molar-refractivity contribution in [2.75, 3.05) is 6.61 Å². The van der Waals surface area contributed by atoms with Crippen LogP contribution in [0.25, 0.3) is 0 Å². The van der Waals surface area contributed by atoms with Crippen molar-refractivity contribution in [2.45, 2.75) is 116 Å². The zero-order valence-electron chi connectivity index (χ0n) is 17.3. The van der Waals surface area contributed by atoms with E-state index < -0.39 is 16.5 Å². The van der Waals surface area contributed by atoms with Crippen molar-refractivity contribution < 1.29 is 28.3 Å². The topological polar surface area (TPSA) is 104 Å². The first-order valence-electron chi connectivity index (χ1n) is 10.8. The molecule has 27 heavy (non-hydrogen) atoms. The Hall–Kier alpha value is 0.300. The second-order valence-corrected chi connectivity index (χ2v) is 8.89. The van der Waals surface area contributed by atoms with E-state index >= 15 is 0 Å². The van der Waals surface area contributed by atoms with Gasteiger partial charge in [-0.3, -0.25) is 9.13 Å². The molecule has 0 rings (SSSR count). The Morgan fingerprint density at radius 3 is 1.00 bits per heavy atom. The third kappa shape index (κ3) is 34.2. The SMILES string of the molecule is CCCCCCCCCCCCCCCCCCCO.O=[PH](O)O[PH](=O)O. The quantitative estimate of drug-likeness (QED) is 0.162. The minimum atomic E-state index is -3.20. The lowest BCUT2D eigenvalue weighted by atomic mass is 10.0. The van der Waals surface area contributed by atoms with Crippen LogP contribution in [0.5, 0.6) is 0 Å². The number of aliphatic hydroxyl groups excluding tert-OH is 1. The van der Waals surface area contributed by atoms with Crippen LogP contribution >= 0.6 is 16.5 Å². The van der Waals surface area contributed by atoms with Crippen molar-refractivity contribution in [1.29, 1.82) is 0 Å². The highest BCUT2D eigenvalue weighted by Crippen LogP contribution is 2.30. The van der Waals surface area contributed by atoms with E-state index in [2.05, 4.69) is 11.2 Å². The maximum absolute atomic E-state index is 9.44. The van der Waals surface area contributed by atoms with Gasteiger partial charge in [0.2, 0.25) is 0 Å². The minimum absolute atomic E-state index is 0.374. The van der Waals surface area contributed by atoms with Gasteiger partial charge in [0.05, 0.1) is 0 Å². The normalized spacial score (nSPS) is 13.0. The van der Waals surface area contributed by atoms with Gasteiger partial charge >= 0.3 is 16.5 Å². The minimum Gasteiger partial charge on any atom is -0.396 e. The Labute approximate surface area is 168 Å². The standard InChI is InChI=1S/C19H40O.H4O5P2/c1-2-3-4-5-6-7-8-9-10-11-12-13-14-15-16-17-18-19-20;1-6(2)5-7(3)4/h20H,2-19H2,1H3;6-7H,(H,1,2)(H,3,4). The second kappa shape index (κ2) is 26.3. The highest BCUT2D eigenvalue weighted by molar-refractivity contribution is 7.46. The van der Waals surface area contributed by atoms with Gasteiger partial charge in [0.25, 0.3) is 0 Å². The zero-order chi connectivity index (χ0) is 20.6. The average molecular weight is 431 g/mol. The van der Waals surface area contributed by atoms with Gasteiger partial charge in [0.15, 0.2) is 0 Å². The Morgan fingerprint density at radius 1 is 0.556 bits per heavy atom. The van der Waals surface area contributed by atoms with Gasteiger partial charge in [-0.25, -0.2) is 4.31 Å². The van der Waals surface area contributed by atoms with Crippen LogP contribution in [0.4, 0.5) is 0 Å². The number of hydrogen-bond acceptors (Lipinski definition) is 4. The smallest absolute Gasteiger partial charge is 0.323 e. The van der Waals surface area contributed by atoms with Gasteiger partial charge < -0.3 is 14.9 Å². The molecule has 0 aromatic heterocycles. The molecule has 0 bridgehead atoms. The molecule has 0 fully saturated rings. The summed E-state index contributed by atoms with van der Waals surface area (Å²) >= 11 is 0. The van der Waals surface area contributed by atoms with Crippen molar-refractivity contribution in [3.63, 3.8) is 0 Å². The Morgan fingerprint density at radius 2 is 0.815 bits per heavy atom. The fourth-order valence-corrected chi connectivity index (χ4v) is 3.51. The van der Waals surface area contributed by atoms with Gasteiger partial charge in [0.1, 0.15) is 0 Å². The van der Waals surface area contributed by atoms with E-state index in [1.165, 1.54) is 103 Å². The van der Waals surface area contributed by atoms with Crippen LogP contribution in [0.1, 0.15) is 116 Å². The summed E-state index contributed by atoms with van der Waals surface area (Å²) in [6, 6.07) is 0. The van der Waals surface area contributed by atoms with Crippen LogP contribution in [-0.2, 0) is 13.4 Å². The molecule has 0 aromatic rings. The maximum Gasteiger partial charge on any atom is 0.323 e. The highest BCUT2D eigenvalue weighted by atomic mass is 31.2. The number of aliphatic hydroxyl groups is 1. The van der Waals surface area contributed by atoms with E-state index in [1.54, 1.807) is 0 Å². The molecule has 0 radical (unpaired) electrons. The van der Waals surface area contributed by atoms with E-state index in [0.717, 1.165) is 6.42 Å². The molecule has 0 saturated heterocycles. The number of unbranched alkanes of at least 4 members (excludes halogenated alkanes) is 16. The van der Waals surface area contributed by atoms with Crippen LogP contribution in [0.3, 0.4) is 0 Å². The number of rotatable bonds is 19. The van der Waals surface area contributed by atoms with Gasteiger partial charge in [-0.15, -0.1) is 0 Å². The third-order valence-electron chi connectivity index (χ3n) is 4.44. The summed E-state index contributed by atoms with van der Waals surface area (Å²) in [6.07, 6.45) is 23.7. The van der Waals surface area contributed by atoms with Crippen molar-refractivity contribution in [3.05, 3.63) is 0 Å². The highest BCUT2D eigenvalue weighted by Gasteiger charge is 1.94. The first-order valence-corrected chi connectivity index (χ1v) is 13.3. The molecule has 0 heterocycles. The molecule has 8 heteroatoms. The van der Waals surface area contributed by atoms with Gasteiger partial charge in [0, 0.05) is 6.61 Å². The van der Waals surface area contributed by atoms with Gasteiger partial charge in [-0.05, 0) is 6.42 Å². The Bertz CT molecular complexity index is 299. The molecule has 2 unspecified atom stereocenters. The molecule has 0 amide bonds. The average Bonchev–Trinajstić information content (AvgIpc) is 2.61. The fourth-order valence-electron chi connectivity index (χ4n) is 2.91. The van der Waals surface area contributed by atoms with E-state index in [9.17, 15) is 9.13 Å². The van der Waals surface area contributed by atoms with Gasteiger partial charge in [-0.1, -0.05) is 110 Å². The van der Waals surface area contributed by atoms with E-state index in [0.29, 0.717) is 6.61 Å². The Balaban J connectivity index is 0. The largest absolute Gasteiger partial charge is 0.396 e. The molecule has 0 saturated carbocycles. The maximum atomic E-state index is 9.44. The number of hydrogen-bond donors (Lipinski definition) is 3. The summed E-state index contributed by atoms with van der Waals surface area (Å²) in [5.41, 5.74) is 0. The summed E-state index contributed by atoms with van der Waals surface area (Å²) in [6.45, 7) is 2.66. The summed E-state index contributed by atoms with van der Waals surface area (Å²) in [5.74, 6) is 0. The van der Waals surface area contributed by atoms with Crippen LogP contribution in [0, 0.1) is 0 Å². The zero-order valence-corrected chi connectivity index (χ0v) is 19.3. The van der Waals surface area contributed by atoms with Crippen LogP contribution in [-0.4, -0.2) is 21.5 Å². The molecule has 6 nitrogen and oxygen atoms in total. The van der Waals surface area contributed by atoms with E-state index in [-0.39, 0.29) is 0 Å². The molecule has 3 N–H and O–H groups in total. The van der Waals surface area contributed by atoms with Crippen LogP contribution in [0.2, 0.25) is 0 Å². The summed E-state index contributed by atoms with van der Waals surface area (Å²) in [5, 5.41) is 8.68. The first kappa shape index (κ1) is 29.5. The lowest BCUT2D eigenvalue weighted by Crippen LogP contribution is -1.85. The Kier molecular flexibility index (Phi) is 28.7.